The Morgan fingerprint density at radius 2 is 1.86 bits per heavy atom. The van der Waals surface area contributed by atoms with Crippen molar-refractivity contribution in [1.82, 2.24) is 0 Å². The minimum absolute atomic E-state index is 0.0547. The summed E-state index contributed by atoms with van der Waals surface area (Å²) in [6.07, 6.45) is 12.2. The summed E-state index contributed by atoms with van der Waals surface area (Å²) in [6.45, 7) is 13.2. The maximum Gasteiger partial charge on any atom is 0.331 e. The molecule has 3 aliphatic rings. The number of unbranched alkanes of at least 4 members (excludes halogenated alkanes) is 1. The lowest BCUT2D eigenvalue weighted by Gasteiger charge is -2.34. The topological polar surface area (TPSA) is 89.9 Å². The highest BCUT2D eigenvalue weighted by Gasteiger charge is 2.61. The first-order valence-electron chi connectivity index (χ1n) is 13.2. The number of allylic oxidation sites excluding steroid dienone is 4. The zero-order chi connectivity index (χ0) is 26.8. The van der Waals surface area contributed by atoms with Gasteiger partial charge in [0.1, 0.15) is 6.10 Å². The molecule has 3 rings (SSSR count). The second kappa shape index (κ2) is 10.9. The van der Waals surface area contributed by atoms with Gasteiger partial charge in [0.05, 0.1) is 12.0 Å². The molecule has 0 aromatic carbocycles. The summed E-state index contributed by atoms with van der Waals surface area (Å²) < 4.78 is 11.7. The zero-order valence-corrected chi connectivity index (χ0v) is 22.7. The van der Waals surface area contributed by atoms with Crippen LogP contribution in [0.25, 0.3) is 0 Å². The Balaban J connectivity index is 2.03. The normalized spacial score (nSPS) is 37.4. The van der Waals surface area contributed by atoms with E-state index in [4.69, 9.17) is 9.47 Å². The smallest absolute Gasteiger partial charge is 0.331 e. The van der Waals surface area contributed by atoms with Crippen LogP contribution in [0, 0.1) is 29.1 Å². The second-order valence-corrected chi connectivity index (χ2v) is 11.5. The monoisotopic (exact) mass is 498 g/mol. The zero-order valence-electron chi connectivity index (χ0n) is 22.7. The van der Waals surface area contributed by atoms with Gasteiger partial charge in [-0.2, -0.15) is 0 Å². The van der Waals surface area contributed by atoms with Gasteiger partial charge in [-0.15, -0.1) is 0 Å². The van der Waals surface area contributed by atoms with E-state index in [1.165, 1.54) is 13.0 Å². The third-order valence-electron chi connectivity index (χ3n) is 8.36. The molecule has 36 heavy (non-hydrogen) atoms. The molecule has 2 fully saturated rings. The van der Waals surface area contributed by atoms with Crippen molar-refractivity contribution < 1.29 is 29.0 Å². The molecule has 198 valence electrons. The molecule has 6 heteroatoms. The van der Waals surface area contributed by atoms with Gasteiger partial charge >= 0.3 is 11.9 Å². The minimum atomic E-state index is -1.48. The predicted octanol–water partition coefficient (Wildman–Crippen LogP) is 5.27. The van der Waals surface area contributed by atoms with E-state index in [1.807, 2.05) is 32.1 Å². The third-order valence-corrected chi connectivity index (χ3v) is 8.36. The molecule has 0 bridgehead atoms. The number of aliphatic hydroxyl groups excluding tert-OH is 1. The van der Waals surface area contributed by atoms with Gasteiger partial charge in [-0.1, -0.05) is 64.5 Å². The van der Waals surface area contributed by atoms with E-state index in [0.717, 1.165) is 18.4 Å². The summed E-state index contributed by atoms with van der Waals surface area (Å²) in [5.41, 5.74) is -0.238. The van der Waals surface area contributed by atoms with Crippen LogP contribution in [0.4, 0.5) is 0 Å². The molecule has 0 aromatic rings. The summed E-state index contributed by atoms with van der Waals surface area (Å²) in [5, 5.41) is 11.1. The summed E-state index contributed by atoms with van der Waals surface area (Å²) >= 11 is 0. The van der Waals surface area contributed by atoms with Crippen LogP contribution in [0.1, 0.15) is 74.1 Å². The minimum Gasteiger partial charge on any atom is -0.455 e. The van der Waals surface area contributed by atoms with Gasteiger partial charge < -0.3 is 14.6 Å². The van der Waals surface area contributed by atoms with Crippen LogP contribution in [0.3, 0.4) is 0 Å². The van der Waals surface area contributed by atoms with Crippen LogP contribution in [0.2, 0.25) is 0 Å². The Bertz CT molecular complexity index is 999. The summed E-state index contributed by atoms with van der Waals surface area (Å²) in [4.78, 5) is 38.7. The molecular weight excluding hydrogens is 456 g/mol. The van der Waals surface area contributed by atoms with Crippen LogP contribution in [0.15, 0.2) is 47.6 Å². The number of aliphatic hydroxyl groups is 1. The lowest BCUT2D eigenvalue weighted by atomic mass is 9.80. The molecule has 2 saturated carbocycles. The van der Waals surface area contributed by atoms with Gasteiger partial charge in [-0.05, 0) is 61.0 Å². The van der Waals surface area contributed by atoms with Crippen molar-refractivity contribution in [2.75, 3.05) is 0 Å². The lowest BCUT2D eigenvalue weighted by Crippen LogP contribution is -2.48. The van der Waals surface area contributed by atoms with E-state index < -0.39 is 35.7 Å². The van der Waals surface area contributed by atoms with Gasteiger partial charge in [-0.25, -0.2) is 4.79 Å². The number of ether oxygens (including phenoxy) is 2. The van der Waals surface area contributed by atoms with Gasteiger partial charge in [0.2, 0.25) is 5.78 Å². The quantitative estimate of drug-likeness (QED) is 0.232. The highest BCUT2D eigenvalue weighted by atomic mass is 16.6. The molecule has 6 nitrogen and oxygen atoms in total. The Morgan fingerprint density at radius 3 is 2.50 bits per heavy atom. The van der Waals surface area contributed by atoms with Crippen LogP contribution >= 0.6 is 0 Å². The van der Waals surface area contributed by atoms with Crippen LogP contribution < -0.4 is 0 Å². The third kappa shape index (κ3) is 5.59. The molecule has 1 N–H and O–H groups in total. The highest BCUT2D eigenvalue weighted by Crippen LogP contribution is 2.62. The molecule has 7 atom stereocenters. The SMILES string of the molecule is CCC/C=C/C=C/C(=O)OC1CC2C(/C=C(\C)C(=O)C3(OC(C)=O)C[C@H](C)C(O)C3C=C1C)C2(C)C. The number of rotatable bonds is 6. The van der Waals surface area contributed by atoms with Crippen molar-refractivity contribution in [3.8, 4) is 0 Å². The number of esters is 2. The van der Waals surface area contributed by atoms with Crippen LogP contribution in [-0.4, -0.2) is 40.6 Å². The predicted molar refractivity (Wildman–Crippen MR) is 139 cm³/mol. The summed E-state index contributed by atoms with van der Waals surface area (Å²) in [6, 6.07) is 0. The second-order valence-electron chi connectivity index (χ2n) is 11.5. The summed E-state index contributed by atoms with van der Waals surface area (Å²) in [5.74, 6) is -1.87. The first kappa shape index (κ1) is 28.1. The molecule has 3 aliphatic carbocycles. The van der Waals surface area contributed by atoms with E-state index in [0.29, 0.717) is 12.0 Å². The number of carbonyl (C=O) groups excluding carboxylic acids is 3. The average molecular weight is 499 g/mol. The first-order valence-corrected chi connectivity index (χ1v) is 13.2. The largest absolute Gasteiger partial charge is 0.455 e. The fourth-order valence-corrected chi connectivity index (χ4v) is 6.10. The summed E-state index contributed by atoms with van der Waals surface area (Å²) in [7, 11) is 0. The number of hydrogen-bond acceptors (Lipinski definition) is 6. The fraction of sp³-hybridized carbons (Fsp3) is 0.633. The Labute approximate surface area is 215 Å². The molecule has 0 amide bonds. The van der Waals surface area contributed by atoms with Gasteiger partial charge in [0.15, 0.2) is 5.60 Å². The lowest BCUT2D eigenvalue weighted by molar-refractivity contribution is -0.168. The fourth-order valence-electron chi connectivity index (χ4n) is 6.10. The maximum atomic E-state index is 13.9. The molecule has 0 aliphatic heterocycles. The first-order chi connectivity index (χ1) is 16.8. The van der Waals surface area contributed by atoms with Crippen LogP contribution in [-0.2, 0) is 23.9 Å². The average Bonchev–Trinajstić information content (AvgIpc) is 3.21. The Hall–Kier alpha value is -2.47. The molecule has 0 heterocycles. The van der Waals surface area contributed by atoms with Gasteiger partial charge in [-0.3, -0.25) is 9.59 Å². The van der Waals surface area contributed by atoms with E-state index in [1.54, 1.807) is 19.1 Å². The molecule has 0 saturated heterocycles. The van der Waals surface area contributed by atoms with Gasteiger partial charge in [0, 0.05) is 19.4 Å². The molecule has 6 unspecified atom stereocenters. The molecule has 0 radical (unpaired) electrons. The number of ketones is 1. The number of hydrogen-bond donors (Lipinski definition) is 1. The maximum absolute atomic E-state index is 13.9. The van der Waals surface area contributed by atoms with E-state index in [9.17, 15) is 19.5 Å². The van der Waals surface area contributed by atoms with Crippen molar-refractivity contribution in [2.24, 2.45) is 29.1 Å². The van der Waals surface area contributed by atoms with E-state index >= 15 is 0 Å². The van der Waals surface area contributed by atoms with Crippen LogP contribution in [0.5, 0.6) is 0 Å². The van der Waals surface area contributed by atoms with Crippen molar-refractivity contribution in [3.05, 3.63) is 47.6 Å². The standard InChI is InChI=1S/C30H42O6/c1-8-9-10-11-12-13-26(32)35-25-16-23-22(29(23,6)7)15-19(3)28(34)30(36-21(5)31)17-20(4)27(33)24(30)14-18(25)2/h10-15,20,22-25,27,33H,8-9,16-17H2,1-7H3/b11-10+,13-12+,18-14?,19-15+/t20-,22?,23?,24?,25?,27?,30?/m0/s1. The van der Waals surface area contributed by atoms with Crippen molar-refractivity contribution in [3.63, 3.8) is 0 Å². The number of carbonyl (C=O) groups is 3. The van der Waals surface area contributed by atoms with Crippen molar-refractivity contribution >= 4 is 17.7 Å². The number of fused-ring (bicyclic) bond motifs is 2. The van der Waals surface area contributed by atoms with Gasteiger partial charge in [0.25, 0.3) is 0 Å². The van der Waals surface area contributed by atoms with E-state index in [-0.39, 0.29) is 35.4 Å². The number of Topliss-reactive ketones (excluding diaryl/α,β-unsaturated/α-hetero) is 1. The van der Waals surface area contributed by atoms with E-state index in [2.05, 4.69) is 20.8 Å². The Morgan fingerprint density at radius 1 is 1.17 bits per heavy atom. The Kier molecular flexibility index (Phi) is 8.49. The molecule has 0 spiro atoms. The van der Waals surface area contributed by atoms with Crippen molar-refractivity contribution in [1.29, 1.82) is 0 Å². The molecular formula is C30H42O6. The molecule has 0 aromatic heterocycles. The van der Waals surface area contributed by atoms with Crippen molar-refractivity contribution in [2.45, 2.75) is 92.0 Å². The highest BCUT2D eigenvalue weighted by molar-refractivity contribution is 6.03.